The van der Waals surface area contributed by atoms with E-state index in [-0.39, 0.29) is 0 Å². The first-order valence-electron chi connectivity index (χ1n) is 4.28. The largest absolute Gasteiger partial charge is 0.697 e. The van der Waals surface area contributed by atoms with Gasteiger partial charge in [0, 0.05) is 4.57 Å². The Morgan fingerprint density at radius 1 is 0.750 bits per heavy atom. The Balaban J connectivity index is 4.30. The van der Waals surface area contributed by atoms with Crippen LogP contribution in [0, 0.1) is 0 Å². The third kappa shape index (κ3) is 8.04. The predicted molar refractivity (Wildman–Crippen MR) is 70.2 cm³/mol. The van der Waals surface area contributed by atoms with Crippen LogP contribution in [-0.2, 0) is 57.9 Å². The van der Waals surface area contributed by atoms with Gasteiger partial charge in [-0.05, 0) is 0 Å². The van der Waals surface area contributed by atoms with Crippen LogP contribution in [0.5, 0.6) is 0 Å². The topological polar surface area (TPSA) is 185 Å². The van der Waals surface area contributed by atoms with Crippen LogP contribution >= 0.6 is 8.25 Å². The second kappa shape index (κ2) is 10.2. The fraction of sp³-hybridized carbons (Fsp3) is 1.00. The average Bonchev–Trinajstić information content (AvgIpc) is 2.27. The van der Waals surface area contributed by atoms with E-state index in [4.69, 9.17) is 18.2 Å². The Morgan fingerprint density at radius 3 is 1.20 bits per heavy atom. The van der Waals surface area contributed by atoms with Crippen molar-refractivity contribution in [2.24, 2.45) is 0 Å². The molecule has 0 aromatic rings. The molecule has 4 N–H and O–H groups in total. The van der Waals surface area contributed by atoms with E-state index < -0.39 is 75.0 Å². The lowest BCUT2D eigenvalue weighted by Gasteiger charge is -2.04. The molecule has 4 unspecified atom stereocenters. The Morgan fingerprint density at radius 2 is 1.00 bits per heavy atom. The molecule has 0 aliphatic carbocycles. The summed E-state index contributed by atoms with van der Waals surface area (Å²) in [6.45, 7) is -1.73. The van der Waals surface area contributed by atoms with E-state index in [0.29, 0.717) is 0 Å². The van der Waals surface area contributed by atoms with Crippen LogP contribution in [0.1, 0.15) is 0 Å². The Kier molecular flexibility index (Phi) is 10.5. The lowest BCUT2D eigenvalue weighted by molar-refractivity contribution is 0.236. The first-order valence-corrected chi connectivity index (χ1v) is 10.1. The summed E-state index contributed by atoms with van der Waals surface area (Å²) in [4.78, 5) is 0. The molecule has 0 fully saturated rings. The van der Waals surface area contributed by atoms with Crippen molar-refractivity contribution in [1.29, 1.82) is 0 Å². The summed E-state index contributed by atoms with van der Waals surface area (Å²) in [5.41, 5.74) is 0. The second-order valence-electron chi connectivity index (χ2n) is 2.78. The molecule has 11 nitrogen and oxygen atoms in total. The van der Waals surface area contributed by atoms with Gasteiger partial charge in [0.2, 0.25) is 0 Å². The molecule has 20 heavy (non-hydrogen) atoms. The van der Waals surface area contributed by atoms with Crippen molar-refractivity contribution in [3.8, 4) is 0 Å². The molecule has 4 atom stereocenters. The Labute approximate surface area is 123 Å². The molecule has 0 aromatic heterocycles. The fourth-order valence-corrected chi connectivity index (χ4v) is 3.54. The minimum Gasteiger partial charge on any atom is -0.305 e. The smallest absolute Gasteiger partial charge is 0.305 e. The van der Waals surface area contributed by atoms with Crippen LogP contribution in [0.3, 0.4) is 0 Å². The van der Waals surface area contributed by atoms with Gasteiger partial charge in [-0.1, -0.05) is 0 Å². The van der Waals surface area contributed by atoms with E-state index in [1.165, 1.54) is 0 Å². The first-order chi connectivity index (χ1) is 9.16. The zero-order valence-corrected chi connectivity index (χ0v) is 13.5. The molecule has 0 aliphatic heterocycles. The van der Waals surface area contributed by atoms with E-state index >= 15 is 0 Å². The van der Waals surface area contributed by atoms with Crippen LogP contribution in [0.25, 0.3) is 0 Å². The summed E-state index contributed by atoms with van der Waals surface area (Å²) in [6, 6.07) is 0. The molecule has 0 amide bonds. The van der Waals surface area contributed by atoms with Gasteiger partial charge in [-0.15, -0.1) is 9.05 Å². The van der Waals surface area contributed by atoms with E-state index in [1.807, 2.05) is 0 Å². The third-order valence-corrected chi connectivity index (χ3v) is 6.57. The molecule has 0 aromatic carbocycles. The SMILES string of the molecule is O=[P+](OCC(S(=O)O)S(=O)O)OCC(S(=O)O)S(=O)O. The molecule has 0 saturated heterocycles. The summed E-state index contributed by atoms with van der Waals surface area (Å²) in [5.74, 6) is 0. The standard InChI is InChI=1S/C4H9O11PS4/c5-16(14-1-3(17(6)7)18(8)9)15-2-4(19(10)11)20(12)13/h3-4H,1-2H2,(H3-,6,7,8,9,10,11,12,13)/p+1. The highest BCUT2D eigenvalue weighted by molar-refractivity contribution is 7.98. The second-order valence-corrected chi connectivity index (χ2v) is 8.82. The van der Waals surface area contributed by atoms with E-state index in [1.54, 1.807) is 0 Å². The average molecular weight is 393 g/mol. The molecule has 0 bridgehead atoms. The molecular formula is C4H10O11PS4+. The third-order valence-electron chi connectivity index (χ3n) is 1.53. The van der Waals surface area contributed by atoms with Crippen LogP contribution in [0.4, 0.5) is 0 Å². The van der Waals surface area contributed by atoms with Gasteiger partial charge in [-0.3, -0.25) is 0 Å². The van der Waals surface area contributed by atoms with E-state index in [0.717, 1.165) is 0 Å². The maximum absolute atomic E-state index is 11.1. The molecule has 120 valence electrons. The molecule has 0 radical (unpaired) electrons. The molecule has 0 saturated carbocycles. The van der Waals surface area contributed by atoms with Gasteiger partial charge in [0.05, 0.1) is 0 Å². The summed E-state index contributed by atoms with van der Waals surface area (Å²) in [7, 11) is -2.98. The van der Waals surface area contributed by atoms with Gasteiger partial charge in [-0.25, -0.2) is 16.8 Å². The molecule has 0 heterocycles. The summed E-state index contributed by atoms with van der Waals surface area (Å²) >= 11 is -10.9. The van der Waals surface area contributed by atoms with Crippen molar-refractivity contribution < 1.29 is 48.7 Å². The van der Waals surface area contributed by atoms with Crippen molar-refractivity contribution in [2.75, 3.05) is 13.2 Å². The van der Waals surface area contributed by atoms with Gasteiger partial charge in [-0.2, -0.15) is 0 Å². The zero-order chi connectivity index (χ0) is 15.9. The quantitative estimate of drug-likeness (QED) is 0.269. The summed E-state index contributed by atoms with van der Waals surface area (Å²) in [5, 5.41) is 0. The van der Waals surface area contributed by atoms with Gasteiger partial charge in [0.1, 0.15) is 13.2 Å². The van der Waals surface area contributed by atoms with Crippen molar-refractivity contribution in [3.63, 3.8) is 0 Å². The van der Waals surface area contributed by atoms with Crippen LogP contribution in [0.15, 0.2) is 0 Å². The Hall–Kier alpha value is 0.460. The van der Waals surface area contributed by atoms with Crippen LogP contribution in [-0.4, -0.2) is 57.4 Å². The van der Waals surface area contributed by atoms with Gasteiger partial charge in [0.25, 0.3) is 0 Å². The normalized spacial score (nSPS) is 21.5. The molecular weight excluding hydrogens is 383 g/mol. The fourth-order valence-electron chi connectivity index (χ4n) is 0.654. The maximum Gasteiger partial charge on any atom is 0.697 e. The van der Waals surface area contributed by atoms with Crippen molar-refractivity contribution in [1.82, 2.24) is 0 Å². The Bertz CT molecular complexity index is 372. The maximum atomic E-state index is 11.1. The minimum atomic E-state index is -2.98. The van der Waals surface area contributed by atoms with E-state index in [2.05, 4.69) is 9.05 Å². The number of hydrogen-bond donors (Lipinski definition) is 4. The molecule has 0 aliphatic rings. The number of hydrogen-bond acceptors (Lipinski definition) is 7. The van der Waals surface area contributed by atoms with Gasteiger partial charge in [0.15, 0.2) is 53.5 Å². The summed E-state index contributed by atoms with van der Waals surface area (Å²) in [6.07, 6.45) is 0. The van der Waals surface area contributed by atoms with Crippen LogP contribution < -0.4 is 0 Å². The predicted octanol–water partition coefficient (Wildman–Crippen LogP) is -0.784. The van der Waals surface area contributed by atoms with Gasteiger partial charge >= 0.3 is 8.25 Å². The van der Waals surface area contributed by atoms with Crippen molar-refractivity contribution in [2.45, 2.75) is 9.16 Å². The lowest BCUT2D eigenvalue weighted by Crippen LogP contribution is -2.26. The molecule has 16 heteroatoms. The van der Waals surface area contributed by atoms with E-state index in [9.17, 15) is 21.4 Å². The van der Waals surface area contributed by atoms with Crippen LogP contribution in [0.2, 0.25) is 0 Å². The molecule has 0 spiro atoms. The lowest BCUT2D eigenvalue weighted by atomic mass is 10.9. The highest BCUT2D eigenvalue weighted by Crippen LogP contribution is 2.25. The minimum absolute atomic E-state index is 0.865. The van der Waals surface area contributed by atoms with Gasteiger partial charge < -0.3 is 18.2 Å². The molecule has 0 rings (SSSR count). The first kappa shape index (κ1) is 20.5. The summed E-state index contributed by atoms with van der Waals surface area (Å²) < 4.78 is 93.2. The van der Waals surface area contributed by atoms with Crippen molar-refractivity contribution >= 4 is 52.6 Å². The van der Waals surface area contributed by atoms with Crippen molar-refractivity contribution in [3.05, 3.63) is 0 Å². The highest BCUT2D eigenvalue weighted by atomic mass is 32.3. The zero-order valence-electron chi connectivity index (χ0n) is 9.30. The monoisotopic (exact) mass is 393 g/mol. The highest BCUT2D eigenvalue weighted by Gasteiger charge is 2.33. The number of rotatable bonds is 10.